The van der Waals surface area contributed by atoms with Crippen molar-refractivity contribution in [3.05, 3.63) is 47.6 Å². The summed E-state index contributed by atoms with van der Waals surface area (Å²) in [4.78, 5) is 20.1. The molecule has 5 nitrogen and oxygen atoms in total. The number of aromatic hydroxyl groups is 1. The Morgan fingerprint density at radius 3 is 2.95 bits per heavy atom. The van der Waals surface area contributed by atoms with Gasteiger partial charge in [-0.1, -0.05) is 18.2 Å². The zero-order valence-electron chi connectivity index (χ0n) is 9.70. The van der Waals surface area contributed by atoms with Gasteiger partial charge < -0.3 is 5.11 Å². The van der Waals surface area contributed by atoms with E-state index in [-0.39, 0.29) is 17.4 Å². The number of thiazole rings is 1. The average molecular weight is 271 g/mol. The van der Waals surface area contributed by atoms with Crippen LogP contribution in [-0.2, 0) is 0 Å². The van der Waals surface area contributed by atoms with Gasteiger partial charge in [0.15, 0.2) is 5.13 Å². The minimum atomic E-state index is -0.347. The van der Waals surface area contributed by atoms with Crippen molar-refractivity contribution in [1.29, 1.82) is 0 Å². The number of carbonyl (C=O) groups is 1. The molecule has 0 spiro atoms. The molecule has 6 heteroatoms. The number of aromatic nitrogens is 2. The van der Waals surface area contributed by atoms with E-state index in [0.29, 0.717) is 10.6 Å². The molecule has 2 heterocycles. The van der Waals surface area contributed by atoms with Crippen LogP contribution in [0.5, 0.6) is 5.75 Å². The van der Waals surface area contributed by atoms with Crippen molar-refractivity contribution < 1.29 is 9.90 Å². The number of amides is 1. The van der Waals surface area contributed by atoms with E-state index in [9.17, 15) is 9.90 Å². The fourth-order valence-corrected chi connectivity index (χ4v) is 2.23. The predicted octanol–water partition coefficient (Wildman–Crippen LogP) is 2.65. The molecule has 0 atom stereocenters. The highest BCUT2D eigenvalue weighted by molar-refractivity contribution is 7.13. The topological polar surface area (TPSA) is 75.1 Å². The number of rotatable bonds is 2. The Bertz CT molecular complexity index is 741. The Hall–Kier alpha value is -2.47. The van der Waals surface area contributed by atoms with Gasteiger partial charge in [-0.05, 0) is 12.1 Å². The van der Waals surface area contributed by atoms with E-state index in [0.717, 1.165) is 5.39 Å². The van der Waals surface area contributed by atoms with Crippen LogP contribution < -0.4 is 5.32 Å². The first kappa shape index (κ1) is 11.6. The van der Waals surface area contributed by atoms with Gasteiger partial charge in [-0.3, -0.25) is 10.1 Å². The summed E-state index contributed by atoms with van der Waals surface area (Å²) in [5.41, 5.74) is 0.651. The van der Waals surface area contributed by atoms with Crippen LogP contribution in [0.2, 0.25) is 0 Å². The summed E-state index contributed by atoms with van der Waals surface area (Å²) >= 11 is 1.33. The van der Waals surface area contributed by atoms with Crippen LogP contribution in [-0.4, -0.2) is 21.0 Å². The predicted molar refractivity (Wildman–Crippen MR) is 73.5 cm³/mol. The molecule has 0 saturated heterocycles. The van der Waals surface area contributed by atoms with Gasteiger partial charge in [-0.25, -0.2) is 9.97 Å². The van der Waals surface area contributed by atoms with E-state index in [2.05, 4.69) is 15.3 Å². The highest BCUT2D eigenvalue weighted by Crippen LogP contribution is 2.22. The van der Waals surface area contributed by atoms with Gasteiger partial charge in [0.1, 0.15) is 17.0 Å². The highest BCUT2D eigenvalue weighted by atomic mass is 32.1. The number of para-hydroxylation sites is 1. The lowest BCUT2D eigenvalue weighted by Crippen LogP contribution is -2.13. The molecule has 1 amide bonds. The average Bonchev–Trinajstić information content (AvgIpc) is 2.92. The van der Waals surface area contributed by atoms with Crippen LogP contribution >= 0.6 is 11.3 Å². The third kappa shape index (κ3) is 2.25. The monoisotopic (exact) mass is 271 g/mol. The molecule has 2 N–H and O–H groups in total. The molecule has 2 aromatic heterocycles. The van der Waals surface area contributed by atoms with Gasteiger partial charge in [0.2, 0.25) is 0 Å². The number of carbonyl (C=O) groups excluding carboxylic acids is 1. The molecule has 0 saturated carbocycles. The second-order valence-corrected chi connectivity index (χ2v) is 4.73. The molecule has 0 aliphatic carbocycles. The van der Waals surface area contributed by atoms with Gasteiger partial charge >= 0.3 is 0 Å². The molecule has 3 rings (SSSR count). The lowest BCUT2D eigenvalue weighted by atomic mass is 10.2. The molecule has 0 radical (unpaired) electrons. The molecule has 0 bridgehead atoms. The van der Waals surface area contributed by atoms with Gasteiger partial charge in [-0.15, -0.1) is 11.3 Å². The third-order valence-electron chi connectivity index (χ3n) is 2.58. The van der Waals surface area contributed by atoms with Gasteiger partial charge in [0.25, 0.3) is 5.91 Å². The summed E-state index contributed by atoms with van der Waals surface area (Å²) < 4.78 is 0. The molecule has 0 aliphatic rings. The summed E-state index contributed by atoms with van der Waals surface area (Å²) in [6, 6.07) is 8.46. The quantitative estimate of drug-likeness (QED) is 0.751. The lowest BCUT2D eigenvalue weighted by Gasteiger charge is -2.04. The fraction of sp³-hybridized carbons (Fsp3) is 0. The summed E-state index contributed by atoms with van der Waals surface area (Å²) in [5, 5.41) is 15.5. The van der Waals surface area contributed by atoms with Crippen molar-refractivity contribution in [2.24, 2.45) is 0 Å². The molecule has 0 fully saturated rings. The van der Waals surface area contributed by atoms with Crippen molar-refractivity contribution in [3.63, 3.8) is 0 Å². The fourth-order valence-electron chi connectivity index (χ4n) is 1.70. The highest BCUT2D eigenvalue weighted by Gasteiger charge is 2.11. The third-order valence-corrected chi connectivity index (χ3v) is 3.27. The largest absolute Gasteiger partial charge is 0.506 e. The van der Waals surface area contributed by atoms with Crippen molar-refractivity contribution in [3.8, 4) is 5.75 Å². The van der Waals surface area contributed by atoms with E-state index in [1.165, 1.54) is 17.4 Å². The molecular formula is C13H9N3O2S. The molecule has 94 valence electrons. The Labute approximate surface area is 112 Å². The number of phenols is 1. The first-order valence-corrected chi connectivity index (χ1v) is 6.41. The van der Waals surface area contributed by atoms with Crippen LogP contribution in [0.15, 0.2) is 41.9 Å². The van der Waals surface area contributed by atoms with E-state index in [4.69, 9.17) is 0 Å². The van der Waals surface area contributed by atoms with E-state index in [1.54, 1.807) is 29.8 Å². The number of hydrogen-bond donors (Lipinski definition) is 2. The maximum absolute atomic E-state index is 12.0. The molecular weight excluding hydrogens is 262 g/mol. The number of nitrogens with one attached hydrogen (secondary N) is 1. The zero-order chi connectivity index (χ0) is 13.2. The SMILES string of the molecule is O=C(Nc1nccs1)c1ccc2cccc(O)c2n1. The Morgan fingerprint density at radius 2 is 2.16 bits per heavy atom. The van der Waals surface area contributed by atoms with E-state index < -0.39 is 0 Å². The smallest absolute Gasteiger partial charge is 0.276 e. The molecule has 1 aromatic carbocycles. The number of nitrogens with zero attached hydrogens (tertiary/aromatic N) is 2. The normalized spacial score (nSPS) is 10.5. The maximum atomic E-state index is 12.0. The number of phenolic OH excluding ortho intramolecular Hbond substituents is 1. The Balaban J connectivity index is 1.97. The van der Waals surface area contributed by atoms with Crippen molar-refractivity contribution >= 4 is 33.3 Å². The van der Waals surface area contributed by atoms with Crippen LogP contribution in [0.25, 0.3) is 10.9 Å². The summed E-state index contributed by atoms with van der Waals surface area (Å²) in [7, 11) is 0. The number of anilines is 1. The number of pyridine rings is 1. The minimum absolute atomic E-state index is 0.0569. The van der Waals surface area contributed by atoms with Gasteiger partial charge in [0, 0.05) is 17.0 Å². The second kappa shape index (κ2) is 4.66. The number of hydrogen-bond acceptors (Lipinski definition) is 5. The lowest BCUT2D eigenvalue weighted by molar-refractivity contribution is 0.102. The molecule has 0 aliphatic heterocycles. The molecule has 0 unspecified atom stereocenters. The standard InChI is InChI=1S/C13H9N3O2S/c17-10-3-1-2-8-4-5-9(15-11(8)10)12(18)16-13-14-6-7-19-13/h1-7,17H,(H,14,16,18). The van der Waals surface area contributed by atoms with Crippen molar-refractivity contribution in [1.82, 2.24) is 9.97 Å². The van der Waals surface area contributed by atoms with Crippen LogP contribution in [0.3, 0.4) is 0 Å². The number of fused-ring (bicyclic) bond motifs is 1. The minimum Gasteiger partial charge on any atom is -0.506 e. The Kier molecular flexibility index (Phi) is 2.85. The van der Waals surface area contributed by atoms with Crippen molar-refractivity contribution in [2.45, 2.75) is 0 Å². The van der Waals surface area contributed by atoms with Gasteiger partial charge in [0.05, 0.1) is 0 Å². The van der Waals surface area contributed by atoms with E-state index in [1.807, 2.05) is 6.07 Å². The first-order chi connectivity index (χ1) is 9.24. The molecule has 3 aromatic rings. The zero-order valence-corrected chi connectivity index (χ0v) is 10.5. The first-order valence-electron chi connectivity index (χ1n) is 5.53. The summed E-state index contributed by atoms with van der Waals surface area (Å²) in [6.07, 6.45) is 1.61. The molecule has 19 heavy (non-hydrogen) atoms. The van der Waals surface area contributed by atoms with E-state index >= 15 is 0 Å². The summed E-state index contributed by atoms with van der Waals surface area (Å²) in [5.74, 6) is -0.290. The Morgan fingerprint density at radius 1 is 1.26 bits per heavy atom. The number of benzene rings is 1. The second-order valence-electron chi connectivity index (χ2n) is 3.84. The van der Waals surface area contributed by atoms with Crippen LogP contribution in [0.4, 0.5) is 5.13 Å². The summed E-state index contributed by atoms with van der Waals surface area (Å²) in [6.45, 7) is 0. The van der Waals surface area contributed by atoms with Crippen molar-refractivity contribution in [2.75, 3.05) is 5.32 Å². The van der Waals surface area contributed by atoms with Gasteiger partial charge in [-0.2, -0.15) is 0 Å². The van der Waals surface area contributed by atoms with Crippen LogP contribution in [0, 0.1) is 0 Å². The maximum Gasteiger partial charge on any atom is 0.276 e. The van der Waals surface area contributed by atoms with Crippen LogP contribution in [0.1, 0.15) is 10.5 Å².